The highest BCUT2D eigenvalue weighted by Gasteiger charge is 2.13. The van der Waals surface area contributed by atoms with E-state index >= 15 is 0 Å². The molecule has 23 heavy (non-hydrogen) atoms. The third-order valence-corrected chi connectivity index (χ3v) is 2.79. The van der Waals surface area contributed by atoms with Crippen molar-refractivity contribution < 1.29 is 19.1 Å². The van der Waals surface area contributed by atoms with Gasteiger partial charge in [-0.2, -0.15) is 5.26 Å². The number of nitrogens with one attached hydrogen (secondary N) is 2. The lowest BCUT2D eigenvalue weighted by Crippen LogP contribution is -2.37. The topological polar surface area (TPSA) is 108 Å². The Morgan fingerprint density at radius 1 is 1.22 bits per heavy atom. The van der Waals surface area contributed by atoms with Gasteiger partial charge in [-0.1, -0.05) is 29.8 Å². The van der Waals surface area contributed by atoms with E-state index in [9.17, 15) is 14.4 Å². The van der Waals surface area contributed by atoms with Gasteiger partial charge < -0.3 is 15.4 Å². The number of carbonyl (C=O) groups excluding carboxylic acids is 3. The van der Waals surface area contributed by atoms with E-state index in [1.165, 1.54) is 13.1 Å². The summed E-state index contributed by atoms with van der Waals surface area (Å²) in [4.78, 5) is 34.1. The summed E-state index contributed by atoms with van der Waals surface area (Å²) in [5.74, 6) is -1.90. The molecule has 0 spiro atoms. The molecule has 1 rings (SSSR count). The van der Waals surface area contributed by atoms with E-state index in [0.717, 1.165) is 5.56 Å². The average molecular weight is 315 g/mol. The molecular formula is C16H17N3O4. The van der Waals surface area contributed by atoms with Crippen molar-refractivity contribution in [2.24, 2.45) is 0 Å². The summed E-state index contributed by atoms with van der Waals surface area (Å²) in [6.07, 6.45) is 1.38. The van der Waals surface area contributed by atoms with Crippen LogP contribution in [0.1, 0.15) is 11.1 Å². The lowest BCUT2D eigenvalue weighted by molar-refractivity contribution is -0.144. The van der Waals surface area contributed by atoms with Crippen molar-refractivity contribution in [2.75, 3.05) is 20.2 Å². The van der Waals surface area contributed by atoms with Crippen molar-refractivity contribution in [3.63, 3.8) is 0 Å². The first-order valence-electron chi connectivity index (χ1n) is 6.79. The number of amides is 2. The normalized spacial score (nSPS) is 10.4. The third-order valence-electron chi connectivity index (χ3n) is 2.79. The second-order valence-electron chi connectivity index (χ2n) is 4.61. The van der Waals surface area contributed by atoms with Crippen LogP contribution in [0.2, 0.25) is 0 Å². The van der Waals surface area contributed by atoms with Crippen molar-refractivity contribution in [3.8, 4) is 6.07 Å². The number of nitriles is 1. The molecule has 0 saturated carbocycles. The number of hydrogen-bond acceptors (Lipinski definition) is 5. The van der Waals surface area contributed by atoms with E-state index in [-0.39, 0.29) is 18.0 Å². The molecule has 0 atom stereocenters. The smallest absolute Gasteiger partial charge is 0.349 e. The van der Waals surface area contributed by atoms with Crippen LogP contribution < -0.4 is 10.6 Å². The highest BCUT2D eigenvalue weighted by atomic mass is 16.5. The van der Waals surface area contributed by atoms with E-state index in [1.54, 1.807) is 18.2 Å². The first-order chi connectivity index (χ1) is 11.0. The zero-order valence-electron chi connectivity index (χ0n) is 12.9. The number of carbonyl (C=O) groups is 3. The predicted molar refractivity (Wildman–Crippen MR) is 82.8 cm³/mol. The Morgan fingerprint density at radius 2 is 1.87 bits per heavy atom. The summed E-state index contributed by atoms with van der Waals surface area (Å²) < 4.78 is 4.75. The van der Waals surface area contributed by atoms with Crippen molar-refractivity contribution >= 4 is 23.9 Å². The highest BCUT2D eigenvalue weighted by molar-refractivity contribution is 5.99. The van der Waals surface area contributed by atoms with Gasteiger partial charge in [0.15, 0.2) is 6.61 Å². The molecule has 0 bridgehead atoms. The lowest BCUT2D eigenvalue weighted by atomic mass is 10.1. The fraction of sp³-hybridized carbons (Fsp3) is 0.250. The third kappa shape index (κ3) is 6.44. The molecule has 0 heterocycles. The fourth-order valence-electron chi connectivity index (χ4n) is 1.49. The zero-order chi connectivity index (χ0) is 17.2. The zero-order valence-corrected chi connectivity index (χ0v) is 12.9. The van der Waals surface area contributed by atoms with Crippen LogP contribution in [0.4, 0.5) is 0 Å². The molecule has 0 unspecified atom stereocenters. The molecule has 7 nitrogen and oxygen atoms in total. The van der Waals surface area contributed by atoms with Crippen LogP contribution >= 0.6 is 0 Å². The average Bonchev–Trinajstić information content (AvgIpc) is 2.56. The maximum Gasteiger partial charge on any atom is 0.349 e. The van der Waals surface area contributed by atoms with Crippen LogP contribution in [0.25, 0.3) is 6.08 Å². The van der Waals surface area contributed by atoms with E-state index < -0.39 is 18.5 Å². The van der Waals surface area contributed by atoms with Gasteiger partial charge in [0.25, 0.3) is 5.91 Å². The number of esters is 1. The molecule has 0 aliphatic carbocycles. The number of rotatable bonds is 6. The van der Waals surface area contributed by atoms with Crippen LogP contribution in [0.5, 0.6) is 0 Å². The molecular weight excluding hydrogens is 298 g/mol. The van der Waals surface area contributed by atoms with Gasteiger partial charge >= 0.3 is 5.97 Å². The van der Waals surface area contributed by atoms with Gasteiger partial charge in [-0.25, -0.2) is 4.79 Å². The highest BCUT2D eigenvalue weighted by Crippen LogP contribution is 2.09. The van der Waals surface area contributed by atoms with Crippen molar-refractivity contribution in [1.82, 2.24) is 10.6 Å². The Hall–Kier alpha value is -3.14. The van der Waals surface area contributed by atoms with Crippen LogP contribution in [-0.4, -0.2) is 38.0 Å². The molecule has 0 aliphatic rings. The van der Waals surface area contributed by atoms with Gasteiger partial charge in [-0.15, -0.1) is 0 Å². The second kappa shape index (κ2) is 9.00. The van der Waals surface area contributed by atoms with Gasteiger partial charge in [-0.3, -0.25) is 9.59 Å². The van der Waals surface area contributed by atoms with Crippen molar-refractivity contribution in [2.45, 2.75) is 6.92 Å². The molecule has 2 N–H and O–H groups in total. The monoisotopic (exact) mass is 315 g/mol. The Kier molecular flexibility index (Phi) is 7.01. The molecule has 0 aliphatic heterocycles. The Morgan fingerprint density at radius 3 is 2.43 bits per heavy atom. The summed E-state index contributed by atoms with van der Waals surface area (Å²) in [5, 5.41) is 13.6. The SMILES string of the molecule is CNC(=O)CNC(=O)COC(=O)/C(C#N)=C/c1ccc(C)cc1. The van der Waals surface area contributed by atoms with Gasteiger partial charge in [0.05, 0.1) is 6.54 Å². The first kappa shape index (κ1) is 17.9. The van der Waals surface area contributed by atoms with Crippen LogP contribution in [0.3, 0.4) is 0 Å². The number of benzene rings is 1. The lowest BCUT2D eigenvalue weighted by Gasteiger charge is -2.05. The number of aryl methyl sites for hydroxylation is 1. The molecule has 0 saturated heterocycles. The van der Waals surface area contributed by atoms with Crippen molar-refractivity contribution in [3.05, 3.63) is 41.0 Å². The molecule has 120 valence electrons. The molecule has 0 fully saturated rings. The molecule has 2 amide bonds. The number of hydrogen-bond donors (Lipinski definition) is 2. The van der Waals surface area contributed by atoms with Crippen LogP contribution in [0, 0.1) is 18.3 Å². The van der Waals surface area contributed by atoms with Gasteiger partial charge in [0, 0.05) is 7.05 Å². The molecule has 7 heteroatoms. The summed E-state index contributed by atoms with van der Waals surface area (Å²) in [5.41, 5.74) is 1.51. The van der Waals surface area contributed by atoms with E-state index in [0.29, 0.717) is 5.56 Å². The quantitative estimate of drug-likeness (QED) is 0.446. The Labute approximate surface area is 133 Å². The summed E-state index contributed by atoms with van der Waals surface area (Å²) in [7, 11) is 1.43. The number of ether oxygens (including phenoxy) is 1. The maximum absolute atomic E-state index is 11.8. The summed E-state index contributed by atoms with van der Waals surface area (Å²) in [6.45, 7) is 1.14. The Bertz CT molecular complexity index is 657. The summed E-state index contributed by atoms with van der Waals surface area (Å²) >= 11 is 0. The van der Waals surface area contributed by atoms with Gasteiger partial charge in [0.2, 0.25) is 5.91 Å². The standard InChI is InChI=1S/C16H17N3O4/c1-11-3-5-12(6-4-11)7-13(8-17)16(22)23-10-15(21)19-9-14(20)18-2/h3-7H,9-10H2,1-2H3,(H,18,20)(H,19,21)/b13-7+. The fourth-order valence-corrected chi connectivity index (χ4v) is 1.49. The maximum atomic E-state index is 11.8. The van der Waals surface area contributed by atoms with E-state index in [4.69, 9.17) is 10.00 Å². The summed E-state index contributed by atoms with van der Waals surface area (Å²) in [6, 6.07) is 8.95. The minimum absolute atomic E-state index is 0.211. The van der Waals surface area contributed by atoms with E-state index in [2.05, 4.69) is 10.6 Å². The van der Waals surface area contributed by atoms with Crippen LogP contribution in [-0.2, 0) is 19.1 Å². The largest absolute Gasteiger partial charge is 0.451 e. The van der Waals surface area contributed by atoms with Gasteiger partial charge in [0.1, 0.15) is 11.6 Å². The molecule has 1 aromatic rings. The molecule has 0 aromatic heterocycles. The van der Waals surface area contributed by atoms with E-state index in [1.807, 2.05) is 19.1 Å². The molecule has 0 radical (unpaired) electrons. The van der Waals surface area contributed by atoms with Crippen molar-refractivity contribution in [1.29, 1.82) is 5.26 Å². The Balaban J connectivity index is 2.57. The predicted octanol–water partition coefficient (Wildman–Crippen LogP) is 0.307. The number of likely N-dealkylation sites (N-methyl/N-ethyl adjacent to an activating group) is 1. The number of nitrogens with zero attached hydrogens (tertiary/aromatic N) is 1. The first-order valence-corrected chi connectivity index (χ1v) is 6.79. The molecule has 1 aromatic carbocycles. The van der Waals surface area contributed by atoms with Gasteiger partial charge in [-0.05, 0) is 18.6 Å². The second-order valence-corrected chi connectivity index (χ2v) is 4.61. The minimum atomic E-state index is -0.900. The van der Waals surface area contributed by atoms with Crippen LogP contribution in [0.15, 0.2) is 29.8 Å². The minimum Gasteiger partial charge on any atom is -0.451 e.